The Morgan fingerprint density at radius 1 is 1.40 bits per heavy atom. The molecule has 0 N–H and O–H groups in total. The molecule has 0 saturated heterocycles. The van der Waals surface area contributed by atoms with Crippen LogP contribution in [0.5, 0.6) is 0 Å². The Balaban J connectivity index is 2.11. The van der Waals surface area contributed by atoms with Crippen molar-refractivity contribution in [3.05, 3.63) is 48.0 Å². The van der Waals surface area contributed by atoms with Gasteiger partial charge in [-0.05, 0) is 12.1 Å². The minimum atomic E-state index is -0.315. The van der Waals surface area contributed by atoms with Crippen LogP contribution >= 0.6 is 0 Å². The number of esters is 1. The first-order chi connectivity index (χ1) is 9.63. The number of carbonyl (C=O) groups excluding carboxylic acids is 1. The summed E-state index contributed by atoms with van der Waals surface area (Å²) in [5.74, 6) is 0.705. The van der Waals surface area contributed by atoms with E-state index < -0.39 is 0 Å². The van der Waals surface area contributed by atoms with Crippen molar-refractivity contribution in [3.8, 4) is 0 Å². The lowest BCUT2D eigenvalue weighted by Gasteiger charge is -2.21. The molecule has 0 fully saturated rings. The van der Waals surface area contributed by atoms with E-state index in [0.29, 0.717) is 5.56 Å². The number of benzene rings is 1. The molecule has 0 bridgehead atoms. The molecule has 0 aliphatic heterocycles. The van der Waals surface area contributed by atoms with Crippen molar-refractivity contribution in [2.24, 2.45) is 7.05 Å². The maximum Gasteiger partial charge on any atom is 0.339 e. The van der Waals surface area contributed by atoms with Crippen LogP contribution in [0.1, 0.15) is 16.2 Å². The zero-order valence-corrected chi connectivity index (χ0v) is 12.0. The summed E-state index contributed by atoms with van der Waals surface area (Å²) in [6.45, 7) is 0.777. The number of anilines is 1. The van der Waals surface area contributed by atoms with Crippen LogP contribution in [0.25, 0.3) is 0 Å². The molecule has 5 heteroatoms. The van der Waals surface area contributed by atoms with Gasteiger partial charge in [-0.1, -0.05) is 12.1 Å². The van der Waals surface area contributed by atoms with E-state index in [1.807, 2.05) is 48.0 Å². The number of nitrogens with zero attached hydrogens (tertiary/aromatic N) is 3. The van der Waals surface area contributed by atoms with Crippen LogP contribution in [0.2, 0.25) is 0 Å². The predicted octanol–water partition coefficient (Wildman–Crippen LogP) is 1.89. The third-order valence-corrected chi connectivity index (χ3v) is 3.31. The normalized spacial score (nSPS) is 10.3. The summed E-state index contributed by atoms with van der Waals surface area (Å²) in [6, 6.07) is 7.45. The molecule has 0 spiro atoms. The molecular weight excluding hydrogens is 254 g/mol. The van der Waals surface area contributed by atoms with Crippen LogP contribution in [0.3, 0.4) is 0 Å². The van der Waals surface area contributed by atoms with Gasteiger partial charge in [0, 0.05) is 39.5 Å². The standard InChI is InChI=1S/C15H19N3O2/c1-17(10-8-14-16-9-11-18(14)2)13-7-5-4-6-12(13)15(19)20-3/h4-7,9,11H,8,10H2,1-3H3. The molecule has 2 rings (SSSR count). The van der Waals surface area contributed by atoms with Gasteiger partial charge in [0.1, 0.15) is 5.82 Å². The van der Waals surface area contributed by atoms with E-state index in [9.17, 15) is 4.79 Å². The molecule has 0 aliphatic rings. The van der Waals surface area contributed by atoms with Gasteiger partial charge in [-0.2, -0.15) is 0 Å². The molecule has 106 valence electrons. The molecule has 0 atom stereocenters. The molecular formula is C15H19N3O2. The van der Waals surface area contributed by atoms with Gasteiger partial charge in [-0.15, -0.1) is 0 Å². The molecule has 0 amide bonds. The van der Waals surface area contributed by atoms with Gasteiger partial charge < -0.3 is 14.2 Å². The number of hydrogen-bond acceptors (Lipinski definition) is 4. The van der Waals surface area contributed by atoms with Gasteiger partial charge in [-0.3, -0.25) is 0 Å². The van der Waals surface area contributed by atoms with Crippen molar-refractivity contribution < 1.29 is 9.53 Å². The number of para-hydroxylation sites is 1. The van der Waals surface area contributed by atoms with E-state index in [0.717, 1.165) is 24.5 Å². The largest absolute Gasteiger partial charge is 0.465 e. The van der Waals surface area contributed by atoms with Crippen molar-refractivity contribution >= 4 is 11.7 Å². The highest BCUT2D eigenvalue weighted by Gasteiger charge is 2.14. The van der Waals surface area contributed by atoms with Crippen LogP contribution in [-0.2, 0) is 18.2 Å². The molecule has 0 saturated carbocycles. The number of methoxy groups -OCH3 is 1. The third-order valence-electron chi connectivity index (χ3n) is 3.31. The summed E-state index contributed by atoms with van der Waals surface area (Å²) in [4.78, 5) is 18.1. The van der Waals surface area contributed by atoms with Crippen molar-refractivity contribution in [3.63, 3.8) is 0 Å². The van der Waals surface area contributed by atoms with Crippen molar-refractivity contribution in [2.45, 2.75) is 6.42 Å². The lowest BCUT2D eigenvalue weighted by Crippen LogP contribution is -2.23. The molecule has 1 heterocycles. The van der Waals surface area contributed by atoms with E-state index in [1.54, 1.807) is 12.3 Å². The number of ether oxygens (including phenoxy) is 1. The monoisotopic (exact) mass is 273 g/mol. The van der Waals surface area contributed by atoms with Gasteiger partial charge in [0.15, 0.2) is 0 Å². The van der Waals surface area contributed by atoms with Gasteiger partial charge in [0.05, 0.1) is 18.4 Å². The molecule has 0 radical (unpaired) electrons. The summed E-state index contributed by atoms with van der Waals surface area (Å²) in [5, 5.41) is 0. The second-order valence-corrected chi connectivity index (χ2v) is 4.63. The fraction of sp³-hybridized carbons (Fsp3) is 0.333. The van der Waals surface area contributed by atoms with E-state index in [2.05, 4.69) is 4.98 Å². The second-order valence-electron chi connectivity index (χ2n) is 4.63. The Labute approximate surface area is 118 Å². The minimum Gasteiger partial charge on any atom is -0.465 e. The Bertz CT molecular complexity index is 592. The topological polar surface area (TPSA) is 47.4 Å². The molecule has 20 heavy (non-hydrogen) atoms. The maximum atomic E-state index is 11.8. The quantitative estimate of drug-likeness (QED) is 0.780. The number of aromatic nitrogens is 2. The zero-order valence-electron chi connectivity index (χ0n) is 12.0. The highest BCUT2D eigenvalue weighted by molar-refractivity contribution is 5.95. The van der Waals surface area contributed by atoms with Crippen LogP contribution in [-0.4, -0.2) is 36.2 Å². The Hall–Kier alpha value is -2.30. The van der Waals surface area contributed by atoms with Gasteiger partial charge in [-0.25, -0.2) is 9.78 Å². The summed E-state index contributed by atoms with van der Waals surface area (Å²) >= 11 is 0. The minimum absolute atomic E-state index is 0.315. The Morgan fingerprint density at radius 2 is 2.15 bits per heavy atom. The van der Waals surface area contributed by atoms with Gasteiger partial charge in [0.25, 0.3) is 0 Å². The predicted molar refractivity (Wildman–Crippen MR) is 78.0 cm³/mol. The number of hydrogen-bond donors (Lipinski definition) is 0. The smallest absolute Gasteiger partial charge is 0.339 e. The summed E-state index contributed by atoms with van der Waals surface area (Å²) < 4.78 is 6.81. The molecule has 1 aromatic carbocycles. The van der Waals surface area contributed by atoms with Gasteiger partial charge in [0.2, 0.25) is 0 Å². The van der Waals surface area contributed by atoms with E-state index in [-0.39, 0.29) is 5.97 Å². The number of likely N-dealkylation sites (N-methyl/N-ethyl adjacent to an activating group) is 1. The SMILES string of the molecule is COC(=O)c1ccccc1N(C)CCc1nccn1C. The maximum absolute atomic E-state index is 11.8. The molecule has 1 aromatic heterocycles. The molecule has 2 aromatic rings. The van der Waals surface area contributed by atoms with E-state index in [4.69, 9.17) is 4.74 Å². The average molecular weight is 273 g/mol. The fourth-order valence-corrected chi connectivity index (χ4v) is 2.11. The van der Waals surface area contributed by atoms with Crippen LogP contribution < -0.4 is 4.90 Å². The number of carbonyl (C=O) groups is 1. The lowest BCUT2D eigenvalue weighted by molar-refractivity contribution is 0.0601. The third kappa shape index (κ3) is 2.99. The van der Waals surface area contributed by atoms with Crippen LogP contribution in [0.4, 0.5) is 5.69 Å². The molecule has 0 aliphatic carbocycles. The fourth-order valence-electron chi connectivity index (χ4n) is 2.11. The Kier molecular flexibility index (Phi) is 4.40. The van der Waals surface area contributed by atoms with E-state index >= 15 is 0 Å². The van der Waals surface area contributed by atoms with Crippen LogP contribution in [0, 0.1) is 0 Å². The summed E-state index contributed by atoms with van der Waals surface area (Å²) in [5.41, 5.74) is 1.45. The number of imidazole rings is 1. The first kappa shape index (κ1) is 14.1. The highest BCUT2D eigenvalue weighted by Crippen LogP contribution is 2.20. The lowest BCUT2D eigenvalue weighted by atomic mass is 10.1. The summed E-state index contributed by atoms with van der Waals surface area (Å²) in [6.07, 6.45) is 4.53. The molecule has 5 nitrogen and oxygen atoms in total. The zero-order chi connectivity index (χ0) is 14.5. The van der Waals surface area contributed by atoms with Crippen molar-refractivity contribution in [1.82, 2.24) is 9.55 Å². The van der Waals surface area contributed by atoms with Gasteiger partial charge >= 0.3 is 5.97 Å². The second kappa shape index (κ2) is 6.23. The first-order valence-electron chi connectivity index (χ1n) is 6.48. The van der Waals surface area contributed by atoms with Crippen LogP contribution in [0.15, 0.2) is 36.7 Å². The first-order valence-corrected chi connectivity index (χ1v) is 6.48. The number of aryl methyl sites for hydroxylation is 1. The van der Waals surface area contributed by atoms with E-state index in [1.165, 1.54) is 7.11 Å². The average Bonchev–Trinajstić information content (AvgIpc) is 2.89. The number of rotatable bonds is 5. The highest BCUT2D eigenvalue weighted by atomic mass is 16.5. The van der Waals surface area contributed by atoms with Crippen molar-refractivity contribution in [1.29, 1.82) is 0 Å². The Morgan fingerprint density at radius 3 is 2.80 bits per heavy atom. The van der Waals surface area contributed by atoms with Crippen molar-refractivity contribution in [2.75, 3.05) is 25.6 Å². The summed E-state index contributed by atoms with van der Waals surface area (Å²) in [7, 11) is 5.34. The molecule has 0 unspecified atom stereocenters.